The number of hydrogen-bond donors (Lipinski definition) is 0. The number of ether oxygens (including phenoxy) is 3. The third kappa shape index (κ3) is 52.8. The molecule has 0 aliphatic carbocycles. The second-order valence-corrected chi connectivity index (χ2v) is 17.7. The summed E-state index contributed by atoms with van der Waals surface area (Å²) >= 11 is 0. The van der Waals surface area contributed by atoms with Crippen LogP contribution in [-0.2, 0) is 28.6 Å². The number of carbonyl (C=O) groups excluding carboxylic acids is 3. The molecular formula is C62H100O6. The summed E-state index contributed by atoms with van der Waals surface area (Å²) in [7, 11) is 0. The van der Waals surface area contributed by atoms with Crippen LogP contribution in [0, 0.1) is 0 Å². The molecule has 0 N–H and O–H groups in total. The molecule has 0 aromatic heterocycles. The Balaban J connectivity index is 4.39. The van der Waals surface area contributed by atoms with Gasteiger partial charge in [0.1, 0.15) is 13.2 Å². The molecule has 384 valence electrons. The Bertz CT molecular complexity index is 1450. The molecule has 0 radical (unpaired) electrons. The Kier molecular flexibility index (Phi) is 52.0. The minimum atomic E-state index is -0.802. The van der Waals surface area contributed by atoms with Gasteiger partial charge in [-0.2, -0.15) is 0 Å². The van der Waals surface area contributed by atoms with E-state index in [1.807, 2.05) is 0 Å². The predicted octanol–water partition coefficient (Wildman–Crippen LogP) is 18.5. The Morgan fingerprint density at radius 1 is 0.309 bits per heavy atom. The standard InChI is InChI=1S/C62H100O6/c1-4-7-10-13-16-19-22-24-26-28-29-30-31-32-33-35-36-38-40-43-46-49-52-55-61(64)67-58-59(57-66-60(63)54-51-48-45-42-21-18-15-12-9-6-3)68-62(65)56-53-50-47-44-41-39-37-34-27-25-23-20-17-14-11-8-5-2/h7-8,10-12,15-17,19-20,24-27,29-30,32-33,37,39,59H,4-6,9,13-14,18,21-23,28,31,34-36,38,40-58H2,1-3H3/b10-7-,11-8-,15-12-,19-16-,20-17-,26-24-,27-25-,30-29-,33-32-,39-37-. The normalized spacial score (nSPS) is 13.0. The largest absolute Gasteiger partial charge is 0.462 e. The zero-order valence-electron chi connectivity index (χ0n) is 43.8. The van der Waals surface area contributed by atoms with E-state index in [9.17, 15) is 14.4 Å². The highest BCUT2D eigenvalue weighted by Gasteiger charge is 2.19. The molecule has 0 bridgehead atoms. The summed E-state index contributed by atoms with van der Waals surface area (Å²) in [6, 6.07) is 0. The van der Waals surface area contributed by atoms with Gasteiger partial charge < -0.3 is 14.2 Å². The van der Waals surface area contributed by atoms with Gasteiger partial charge in [-0.25, -0.2) is 0 Å². The number of allylic oxidation sites excluding steroid dienone is 20. The Labute approximate surface area is 418 Å². The number of unbranched alkanes of at least 4 members (excludes halogenated alkanes) is 17. The highest BCUT2D eigenvalue weighted by atomic mass is 16.6. The predicted molar refractivity (Wildman–Crippen MR) is 293 cm³/mol. The lowest BCUT2D eigenvalue weighted by molar-refractivity contribution is -0.167. The summed E-state index contributed by atoms with van der Waals surface area (Å²) in [6.45, 7) is 6.30. The van der Waals surface area contributed by atoms with Crippen LogP contribution in [0.1, 0.15) is 233 Å². The molecule has 0 fully saturated rings. The molecule has 0 aromatic rings. The van der Waals surface area contributed by atoms with E-state index < -0.39 is 6.10 Å². The van der Waals surface area contributed by atoms with E-state index >= 15 is 0 Å². The third-order valence-electron chi connectivity index (χ3n) is 11.2. The van der Waals surface area contributed by atoms with E-state index in [4.69, 9.17) is 14.2 Å². The fourth-order valence-electron chi connectivity index (χ4n) is 7.11. The Hall–Kier alpha value is -4.19. The summed E-state index contributed by atoms with van der Waals surface area (Å²) in [6.07, 6.45) is 76.2. The van der Waals surface area contributed by atoms with Gasteiger partial charge >= 0.3 is 17.9 Å². The van der Waals surface area contributed by atoms with Gasteiger partial charge in [0.2, 0.25) is 0 Å². The summed E-state index contributed by atoms with van der Waals surface area (Å²) in [5.41, 5.74) is 0. The SMILES string of the molecule is CC/C=C\C/C=C\C/C=C\C/C=C\C/C=C\CCCCCCCCCC(=O)OCC(COC(=O)CCCCCCC/C=C\CCC)OC(=O)CCCCCC/C=C\C/C=C\C/C=C\C/C=C\CC. The highest BCUT2D eigenvalue weighted by Crippen LogP contribution is 2.13. The van der Waals surface area contributed by atoms with Crippen LogP contribution < -0.4 is 0 Å². The second-order valence-electron chi connectivity index (χ2n) is 17.7. The van der Waals surface area contributed by atoms with Gasteiger partial charge in [-0.3, -0.25) is 14.4 Å². The van der Waals surface area contributed by atoms with Crippen molar-refractivity contribution in [2.75, 3.05) is 13.2 Å². The minimum absolute atomic E-state index is 0.0993. The smallest absolute Gasteiger partial charge is 0.306 e. The lowest BCUT2D eigenvalue weighted by Gasteiger charge is -2.18. The molecule has 68 heavy (non-hydrogen) atoms. The summed E-state index contributed by atoms with van der Waals surface area (Å²) < 4.78 is 16.8. The van der Waals surface area contributed by atoms with Crippen molar-refractivity contribution in [1.82, 2.24) is 0 Å². The van der Waals surface area contributed by atoms with Crippen molar-refractivity contribution in [3.63, 3.8) is 0 Å². The van der Waals surface area contributed by atoms with Crippen molar-refractivity contribution in [1.29, 1.82) is 0 Å². The summed E-state index contributed by atoms with van der Waals surface area (Å²) in [5.74, 6) is -0.950. The number of hydrogen-bond acceptors (Lipinski definition) is 6. The zero-order valence-corrected chi connectivity index (χ0v) is 43.8. The maximum Gasteiger partial charge on any atom is 0.306 e. The molecule has 0 aromatic carbocycles. The van der Waals surface area contributed by atoms with Gasteiger partial charge in [-0.1, -0.05) is 213 Å². The Morgan fingerprint density at radius 3 is 0.912 bits per heavy atom. The molecule has 0 amide bonds. The van der Waals surface area contributed by atoms with Crippen molar-refractivity contribution in [2.45, 2.75) is 239 Å². The van der Waals surface area contributed by atoms with Gasteiger partial charge in [0.05, 0.1) is 0 Å². The summed E-state index contributed by atoms with van der Waals surface area (Å²) in [4.78, 5) is 38.0. The molecule has 0 heterocycles. The van der Waals surface area contributed by atoms with E-state index in [1.165, 1.54) is 38.5 Å². The average molecular weight is 941 g/mol. The van der Waals surface area contributed by atoms with E-state index in [0.717, 1.165) is 154 Å². The van der Waals surface area contributed by atoms with E-state index in [2.05, 4.69) is 142 Å². The van der Waals surface area contributed by atoms with Gasteiger partial charge in [0.25, 0.3) is 0 Å². The van der Waals surface area contributed by atoms with Crippen LogP contribution in [0.5, 0.6) is 0 Å². The average Bonchev–Trinajstić information content (AvgIpc) is 3.34. The monoisotopic (exact) mass is 941 g/mol. The first kappa shape index (κ1) is 63.8. The lowest BCUT2D eigenvalue weighted by atomic mass is 10.1. The van der Waals surface area contributed by atoms with E-state index in [1.54, 1.807) is 0 Å². The third-order valence-corrected chi connectivity index (χ3v) is 11.2. The molecule has 0 aliphatic rings. The van der Waals surface area contributed by atoms with Crippen molar-refractivity contribution >= 4 is 17.9 Å². The van der Waals surface area contributed by atoms with E-state index in [-0.39, 0.29) is 31.1 Å². The quantitative estimate of drug-likeness (QED) is 0.0262. The fraction of sp³-hybridized carbons (Fsp3) is 0.629. The second kappa shape index (κ2) is 55.4. The van der Waals surface area contributed by atoms with Crippen LogP contribution in [0.2, 0.25) is 0 Å². The van der Waals surface area contributed by atoms with Crippen molar-refractivity contribution in [3.05, 3.63) is 122 Å². The van der Waals surface area contributed by atoms with Gasteiger partial charge in [0, 0.05) is 19.3 Å². The van der Waals surface area contributed by atoms with Crippen molar-refractivity contribution < 1.29 is 28.6 Å². The molecule has 1 atom stereocenters. The molecule has 6 nitrogen and oxygen atoms in total. The fourth-order valence-corrected chi connectivity index (χ4v) is 7.11. The first-order valence-electron chi connectivity index (χ1n) is 27.5. The minimum Gasteiger partial charge on any atom is -0.462 e. The molecule has 6 heteroatoms. The van der Waals surface area contributed by atoms with Crippen LogP contribution >= 0.6 is 0 Å². The lowest BCUT2D eigenvalue weighted by Crippen LogP contribution is -2.30. The number of carbonyl (C=O) groups is 3. The number of esters is 3. The molecule has 0 saturated carbocycles. The topological polar surface area (TPSA) is 78.9 Å². The summed E-state index contributed by atoms with van der Waals surface area (Å²) in [5, 5.41) is 0. The van der Waals surface area contributed by atoms with Crippen molar-refractivity contribution in [2.24, 2.45) is 0 Å². The molecule has 0 saturated heterocycles. The maximum atomic E-state index is 12.8. The van der Waals surface area contributed by atoms with Gasteiger partial charge in [0.15, 0.2) is 6.10 Å². The van der Waals surface area contributed by atoms with Crippen LogP contribution in [0.15, 0.2) is 122 Å². The molecule has 0 spiro atoms. The maximum absolute atomic E-state index is 12.8. The number of rotatable bonds is 48. The Morgan fingerprint density at radius 2 is 0.574 bits per heavy atom. The molecular weight excluding hydrogens is 841 g/mol. The van der Waals surface area contributed by atoms with Crippen LogP contribution in [0.4, 0.5) is 0 Å². The van der Waals surface area contributed by atoms with Crippen LogP contribution in [-0.4, -0.2) is 37.2 Å². The molecule has 1 unspecified atom stereocenters. The molecule has 0 rings (SSSR count). The first-order chi connectivity index (χ1) is 33.5. The van der Waals surface area contributed by atoms with Crippen LogP contribution in [0.3, 0.4) is 0 Å². The van der Waals surface area contributed by atoms with Crippen molar-refractivity contribution in [3.8, 4) is 0 Å². The van der Waals surface area contributed by atoms with Crippen LogP contribution in [0.25, 0.3) is 0 Å². The highest BCUT2D eigenvalue weighted by molar-refractivity contribution is 5.71. The zero-order chi connectivity index (χ0) is 49.3. The van der Waals surface area contributed by atoms with Gasteiger partial charge in [-0.15, -0.1) is 0 Å². The van der Waals surface area contributed by atoms with Gasteiger partial charge in [-0.05, 0) is 122 Å². The van der Waals surface area contributed by atoms with E-state index in [0.29, 0.717) is 19.3 Å². The molecule has 0 aliphatic heterocycles. The first-order valence-corrected chi connectivity index (χ1v) is 27.5.